The van der Waals surface area contributed by atoms with Crippen LogP contribution in [0.2, 0.25) is 0 Å². The summed E-state index contributed by atoms with van der Waals surface area (Å²) in [5.74, 6) is -0.437. The summed E-state index contributed by atoms with van der Waals surface area (Å²) in [4.78, 5) is 11.7. The molecule has 0 aliphatic heterocycles. The van der Waals surface area contributed by atoms with Gasteiger partial charge in [-0.15, -0.1) is 0 Å². The molecule has 1 amide bonds. The number of carbonyl (C=O) groups excluding carboxylic acids is 1. The molecular formula is C17H17F3N2O2. The van der Waals surface area contributed by atoms with Gasteiger partial charge in [-0.1, -0.05) is 12.1 Å². The molecule has 24 heavy (non-hydrogen) atoms. The fraction of sp³-hybridized carbons (Fsp3) is 0.235. The van der Waals surface area contributed by atoms with Crippen LogP contribution in [0.15, 0.2) is 48.5 Å². The SMILES string of the molecule is O=C(CNc1ccc(F)cc1)NCCc1ccc(OC(F)F)cc1. The summed E-state index contributed by atoms with van der Waals surface area (Å²) in [5, 5.41) is 5.61. The van der Waals surface area contributed by atoms with Crippen molar-refractivity contribution in [3.63, 3.8) is 0 Å². The van der Waals surface area contributed by atoms with Crippen molar-refractivity contribution in [2.24, 2.45) is 0 Å². The van der Waals surface area contributed by atoms with Gasteiger partial charge in [0.15, 0.2) is 0 Å². The molecule has 0 aromatic heterocycles. The van der Waals surface area contributed by atoms with E-state index in [1.807, 2.05) is 0 Å². The largest absolute Gasteiger partial charge is 0.435 e. The van der Waals surface area contributed by atoms with Crippen LogP contribution in [-0.2, 0) is 11.2 Å². The topological polar surface area (TPSA) is 50.4 Å². The van der Waals surface area contributed by atoms with E-state index in [9.17, 15) is 18.0 Å². The molecule has 2 aromatic rings. The minimum atomic E-state index is -2.84. The lowest BCUT2D eigenvalue weighted by molar-refractivity contribution is -0.119. The first-order chi connectivity index (χ1) is 11.5. The molecule has 0 spiro atoms. The lowest BCUT2D eigenvalue weighted by atomic mass is 10.1. The number of alkyl halides is 2. The van der Waals surface area contributed by atoms with Crippen LogP contribution >= 0.6 is 0 Å². The zero-order chi connectivity index (χ0) is 17.4. The Morgan fingerprint density at radius 1 is 1.04 bits per heavy atom. The highest BCUT2D eigenvalue weighted by Gasteiger charge is 2.04. The number of carbonyl (C=O) groups is 1. The summed E-state index contributed by atoms with van der Waals surface area (Å²) >= 11 is 0. The molecular weight excluding hydrogens is 321 g/mol. The smallest absolute Gasteiger partial charge is 0.387 e. The third kappa shape index (κ3) is 6.20. The Balaban J connectivity index is 1.67. The first kappa shape index (κ1) is 17.7. The summed E-state index contributed by atoms with van der Waals surface area (Å²) in [6.07, 6.45) is 0.567. The van der Waals surface area contributed by atoms with E-state index in [1.165, 1.54) is 24.3 Å². The molecule has 0 fully saturated rings. The first-order valence-electron chi connectivity index (χ1n) is 7.33. The third-order valence-electron chi connectivity index (χ3n) is 3.18. The van der Waals surface area contributed by atoms with Crippen LogP contribution in [-0.4, -0.2) is 25.6 Å². The predicted octanol–water partition coefficient (Wildman–Crippen LogP) is 3.20. The molecule has 2 N–H and O–H groups in total. The molecule has 0 heterocycles. The standard InChI is InChI=1S/C17H17F3N2O2/c18-13-3-5-14(6-4-13)22-11-16(23)21-10-9-12-1-7-15(8-2-12)24-17(19)20/h1-8,17,22H,9-11H2,(H,21,23). The highest BCUT2D eigenvalue weighted by atomic mass is 19.3. The highest BCUT2D eigenvalue weighted by molar-refractivity contribution is 5.80. The van der Waals surface area contributed by atoms with Crippen molar-refractivity contribution in [1.82, 2.24) is 5.32 Å². The maximum Gasteiger partial charge on any atom is 0.387 e. The van der Waals surface area contributed by atoms with Crippen LogP contribution in [0.1, 0.15) is 5.56 Å². The average molecular weight is 338 g/mol. The molecule has 0 atom stereocenters. The average Bonchev–Trinajstić information content (AvgIpc) is 2.55. The highest BCUT2D eigenvalue weighted by Crippen LogP contribution is 2.15. The number of benzene rings is 2. The van der Waals surface area contributed by atoms with E-state index in [1.54, 1.807) is 24.3 Å². The van der Waals surface area contributed by atoms with Gasteiger partial charge in [-0.2, -0.15) is 8.78 Å². The van der Waals surface area contributed by atoms with Gasteiger partial charge in [0.25, 0.3) is 0 Å². The quantitative estimate of drug-likeness (QED) is 0.777. The van der Waals surface area contributed by atoms with E-state index in [-0.39, 0.29) is 24.0 Å². The van der Waals surface area contributed by atoms with Gasteiger partial charge in [0.2, 0.25) is 5.91 Å². The van der Waals surface area contributed by atoms with Gasteiger partial charge in [0.05, 0.1) is 6.54 Å². The van der Waals surface area contributed by atoms with Crippen LogP contribution in [0.4, 0.5) is 18.9 Å². The van der Waals surface area contributed by atoms with E-state index in [4.69, 9.17) is 0 Å². The summed E-state index contributed by atoms with van der Waals surface area (Å²) in [6, 6.07) is 12.0. The van der Waals surface area contributed by atoms with Crippen molar-refractivity contribution in [2.75, 3.05) is 18.4 Å². The van der Waals surface area contributed by atoms with Crippen LogP contribution < -0.4 is 15.4 Å². The van der Waals surface area contributed by atoms with E-state index >= 15 is 0 Å². The van der Waals surface area contributed by atoms with Crippen molar-refractivity contribution in [3.05, 3.63) is 59.9 Å². The lowest BCUT2D eigenvalue weighted by Crippen LogP contribution is -2.31. The molecule has 0 saturated heterocycles. The van der Waals surface area contributed by atoms with Crippen LogP contribution in [0.5, 0.6) is 5.75 Å². The normalized spacial score (nSPS) is 10.5. The number of rotatable bonds is 8. The van der Waals surface area contributed by atoms with Crippen molar-refractivity contribution < 1.29 is 22.7 Å². The van der Waals surface area contributed by atoms with Crippen LogP contribution in [0, 0.1) is 5.82 Å². The number of hydrogen-bond donors (Lipinski definition) is 2. The third-order valence-corrected chi connectivity index (χ3v) is 3.18. The zero-order valence-corrected chi connectivity index (χ0v) is 12.8. The second-order valence-electron chi connectivity index (χ2n) is 4.98. The van der Waals surface area contributed by atoms with Crippen molar-refractivity contribution in [1.29, 1.82) is 0 Å². The number of amides is 1. The van der Waals surface area contributed by atoms with E-state index in [2.05, 4.69) is 15.4 Å². The van der Waals surface area contributed by atoms with Crippen molar-refractivity contribution in [3.8, 4) is 5.75 Å². The Morgan fingerprint density at radius 2 is 1.71 bits per heavy atom. The summed E-state index contributed by atoms with van der Waals surface area (Å²) in [6.45, 7) is -2.35. The Morgan fingerprint density at radius 3 is 2.33 bits per heavy atom. The van der Waals surface area contributed by atoms with Crippen LogP contribution in [0.3, 0.4) is 0 Å². The maximum atomic E-state index is 12.7. The maximum absolute atomic E-state index is 12.7. The summed E-state index contributed by atoms with van der Waals surface area (Å²) in [7, 11) is 0. The molecule has 0 radical (unpaired) electrons. The van der Waals surface area contributed by atoms with Gasteiger partial charge in [-0.3, -0.25) is 4.79 Å². The predicted molar refractivity (Wildman–Crippen MR) is 84.7 cm³/mol. The fourth-order valence-electron chi connectivity index (χ4n) is 2.00. The van der Waals surface area contributed by atoms with Gasteiger partial charge in [0, 0.05) is 12.2 Å². The number of hydrogen-bond acceptors (Lipinski definition) is 3. The van der Waals surface area contributed by atoms with Gasteiger partial charge in [-0.25, -0.2) is 4.39 Å². The first-order valence-corrected chi connectivity index (χ1v) is 7.33. The second kappa shape index (κ2) is 8.81. The molecule has 7 heteroatoms. The minimum absolute atomic E-state index is 0.0762. The molecule has 0 aliphatic rings. The number of halogens is 3. The molecule has 0 aliphatic carbocycles. The Kier molecular flexibility index (Phi) is 6.48. The summed E-state index contributed by atoms with van der Waals surface area (Å²) in [5.41, 5.74) is 1.55. The second-order valence-corrected chi connectivity index (χ2v) is 4.98. The molecule has 2 aromatic carbocycles. The molecule has 128 valence electrons. The van der Waals surface area contributed by atoms with Crippen molar-refractivity contribution in [2.45, 2.75) is 13.0 Å². The fourth-order valence-corrected chi connectivity index (χ4v) is 2.00. The molecule has 2 rings (SSSR count). The number of ether oxygens (including phenoxy) is 1. The van der Waals surface area contributed by atoms with E-state index < -0.39 is 6.61 Å². The number of anilines is 1. The van der Waals surface area contributed by atoms with Gasteiger partial charge < -0.3 is 15.4 Å². The Labute approximate surface area is 137 Å². The number of nitrogens with one attached hydrogen (secondary N) is 2. The van der Waals surface area contributed by atoms with Crippen LogP contribution in [0.25, 0.3) is 0 Å². The monoisotopic (exact) mass is 338 g/mol. The Bertz CT molecular complexity index is 646. The van der Waals surface area contributed by atoms with Gasteiger partial charge in [-0.05, 0) is 48.4 Å². The van der Waals surface area contributed by atoms with Gasteiger partial charge in [0.1, 0.15) is 11.6 Å². The lowest BCUT2D eigenvalue weighted by Gasteiger charge is -2.08. The van der Waals surface area contributed by atoms with Crippen molar-refractivity contribution >= 4 is 11.6 Å². The summed E-state index contributed by atoms with van der Waals surface area (Å²) < 4.78 is 41.1. The van der Waals surface area contributed by atoms with Gasteiger partial charge >= 0.3 is 6.61 Å². The van der Waals surface area contributed by atoms with E-state index in [0.717, 1.165) is 5.56 Å². The molecule has 4 nitrogen and oxygen atoms in total. The zero-order valence-electron chi connectivity index (χ0n) is 12.8. The molecule has 0 saturated carbocycles. The minimum Gasteiger partial charge on any atom is -0.435 e. The molecule has 0 bridgehead atoms. The van der Waals surface area contributed by atoms with E-state index in [0.29, 0.717) is 18.7 Å². The Hall–Kier alpha value is -2.70. The molecule has 0 unspecified atom stereocenters.